The number of nitrogens with zero attached hydrogens (tertiary/aromatic N) is 2. The number of rotatable bonds is 13. The van der Waals surface area contributed by atoms with Crippen molar-refractivity contribution in [1.29, 1.82) is 0 Å². The second kappa shape index (κ2) is 32.0. The fourth-order valence-corrected chi connectivity index (χ4v) is 7.23. The lowest BCUT2D eigenvalue weighted by molar-refractivity contribution is 0.100. The number of benzene rings is 5. The number of methoxy groups -OCH3 is 1. The molecule has 7 aromatic rings. The van der Waals surface area contributed by atoms with Crippen molar-refractivity contribution in [3.63, 3.8) is 0 Å². The number of pyridine rings is 2. The fourth-order valence-electron chi connectivity index (χ4n) is 7.06. The number of Topliss-reactive ketones (excluding diaryl/α,β-unsaturated/α-hetero) is 5. The smallest absolute Gasteiger partial charge is 0.180 e. The first-order chi connectivity index (χ1) is 35.6. The molecule has 2 heterocycles. The van der Waals surface area contributed by atoms with Gasteiger partial charge in [0.05, 0.1) is 24.2 Å². The molecular weight excluding hydrogens is 964 g/mol. The molecule has 0 atom stereocenters. The molecule has 14 nitrogen and oxygen atoms in total. The van der Waals surface area contributed by atoms with Gasteiger partial charge in [0.2, 0.25) is 0 Å². The summed E-state index contributed by atoms with van der Waals surface area (Å²) in [6, 6.07) is 36.0. The molecule has 0 saturated carbocycles. The van der Waals surface area contributed by atoms with Crippen LogP contribution in [0.1, 0.15) is 110 Å². The third kappa shape index (κ3) is 19.9. The van der Waals surface area contributed by atoms with Crippen molar-refractivity contribution < 1.29 is 28.7 Å². The van der Waals surface area contributed by atoms with Crippen molar-refractivity contribution in [2.24, 2.45) is 0 Å². The number of halogens is 1. The van der Waals surface area contributed by atoms with Gasteiger partial charge >= 0.3 is 0 Å². The number of anilines is 6. The van der Waals surface area contributed by atoms with Crippen LogP contribution in [0.4, 0.5) is 34.1 Å². The highest BCUT2D eigenvalue weighted by molar-refractivity contribution is 6.31. The molecular formula is C60H73ClN8O6. The third-order valence-electron chi connectivity index (χ3n) is 11.0. The second-order valence-electron chi connectivity index (χ2n) is 16.7. The van der Waals surface area contributed by atoms with Gasteiger partial charge < -0.3 is 36.6 Å². The number of carbonyl (C=O) groups excluding carboxylic acids is 5. The minimum atomic E-state index is -0.0186. The van der Waals surface area contributed by atoms with Gasteiger partial charge in [-0.25, -0.2) is 0 Å². The van der Waals surface area contributed by atoms with E-state index in [1.54, 1.807) is 78.6 Å². The van der Waals surface area contributed by atoms with Gasteiger partial charge in [-0.1, -0.05) is 54.1 Å². The van der Waals surface area contributed by atoms with Crippen LogP contribution in [0.2, 0.25) is 5.02 Å². The number of hydrogen-bond donors (Lipinski definition) is 6. The van der Waals surface area contributed by atoms with Gasteiger partial charge in [-0.15, -0.1) is 0 Å². The van der Waals surface area contributed by atoms with Crippen LogP contribution in [-0.4, -0.2) is 88.3 Å². The van der Waals surface area contributed by atoms with Crippen LogP contribution in [0.3, 0.4) is 0 Å². The zero-order valence-corrected chi connectivity index (χ0v) is 46.7. The van der Waals surface area contributed by atoms with Gasteiger partial charge in [0.1, 0.15) is 11.4 Å². The largest absolute Gasteiger partial charge is 0.497 e. The van der Waals surface area contributed by atoms with Crippen molar-refractivity contribution in [2.75, 3.05) is 81.3 Å². The molecule has 396 valence electrons. The van der Waals surface area contributed by atoms with Crippen LogP contribution >= 0.6 is 11.6 Å². The van der Waals surface area contributed by atoms with Crippen molar-refractivity contribution >= 4 is 91.0 Å². The van der Waals surface area contributed by atoms with E-state index in [0.717, 1.165) is 78.5 Å². The molecule has 0 aliphatic carbocycles. The predicted molar refractivity (Wildman–Crippen MR) is 315 cm³/mol. The first kappa shape index (κ1) is 62.8. The van der Waals surface area contributed by atoms with E-state index in [2.05, 4.69) is 48.4 Å². The Kier molecular flexibility index (Phi) is 26.7. The predicted octanol–water partition coefficient (Wildman–Crippen LogP) is 13.6. The van der Waals surface area contributed by atoms with E-state index >= 15 is 0 Å². The lowest BCUT2D eigenvalue weighted by Gasteiger charge is -2.08. The number of ether oxygens (including phenoxy) is 1. The number of ketones is 5. The van der Waals surface area contributed by atoms with Gasteiger partial charge in [-0.05, 0) is 150 Å². The monoisotopic (exact) mass is 1040 g/mol. The highest BCUT2D eigenvalue weighted by Gasteiger charge is 2.10. The molecule has 5 aromatic carbocycles. The van der Waals surface area contributed by atoms with Crippen LogP contribution in [0, 0.1) is 13.8 Å². The molecule has 0 saturated heterocycles. The summed E-state index contributed by atoms with van der Waals surface area (Å²) in [6.07, 6.45) is 1.61. The topological polar surface area (TPSA) is 193 Å². The van der Waals surface area contributed by atoms with E-state index in [4.69, 9.17) is 16.3 Å². The number of fused-ring (bicyclic) bond motifs is 1. The maximum Gasteiger partial charge on any atom is 0.180 e. The Balaban J connectivity index is 0.000000309. The third-order valence-corrected chi connectivity index (χ3v) is 11.2. The summed E-state index contributed by atoms with van der Waals surface area (Å²) in [5, 5.41) is 20.7. The molecule has 0 spiro atoms. The molecule has 75 heavy (non-hydrogen) atoms. The highest BCUT2D eigenvalue weighted by atomic mass is 35.5. The first-order valence-corrected chi connectivity index (χ1v) is 24.3. The minimum absolute atomic E-state index is 0.0156. The van der Waals surface area contributed by atoms with Crippen LogP contribution in [0.15, 0.2) is 128 Å². The van der Waals surface area contributed by atoms with E-state index in [9.17, 15) is 24.0 Å². The molecule has 0 fully saturated rings. The Morgan fingerprint density at radius 3 is 1.37 bits per heavy atom. The molecule has 0 bridgehead atoms. The molecule has 0 amide bonds. The Morgan fingerprint density at radius 1 is 0.467 bits per heavy atom. The number of hydrogen-bond acceptors (Lipinski definition) is 14. The number of aromatic nitrogens is 2. The highest BCUT2D eigenvalue weighted by Crippen LogP contribution is 2.26. The lowest BCUT2D eigenvalue weighted by Crippen LogP contribution is -2.02. The molecule has 0 aliphatic heterocycles. The molecule has 7 rings (SSSR count). The second-order valence-corrected chi connectivity index (χ2v) is 17.1. The molecule has 15 heteroatoms. The normalized spacial score (nSPS) is 9.65. The summed E-state index contributed by atoms with van der Waals surface area (Å²) in [5.41, 5.74) is 12.6. The number of nitrogens with one attached hydrogen (secondary N) is 6. The molecule has 0 unspecified atom stereocenters. The van der Waals surface area contributed by atoms with Gasteiger partial charge in [-0.3, -0.25) is 33.9 Å². The zero-order chi connectivity index (χ0) is 56.4. The number of aryl methyl sites for hydroxylation is 2. The summed E-state index contributed by atoms with van der Waals surface area (Å²) >= 11 is 5.74. The standard InChI is InChI=1S/C13H13NO.C10H14N2.C10H13NO2.C10H13NO.C9H10ClNO.C8H10N2O/c1-9(15)12-7-10-5-3-4-6-11(10)8-13(12)14-2;1-7(2)10-9(11-4)6-5-8(3)12-10;1-7(12)9-6-8(13-3)4-5-10(9)11-2;1-7-4-5-10(11-3)9(6-7)8(2)12;1-6(12)8-5-7(10)3-4-9(8)11-2;1-6(11)8-7(9-2)4-3-5-10-8/h3-8,14H,1-2H3;5-6,11H,1H2,2-4H3;4-6,11H,1-3H3;4-6,11H,1-3H3;3-5,11H,1-2H3;3-5,9H,1-2H3. The number of allylic oxidation sites excluding steroid dienone is 1. The summed E-state index contributed by atoms with van der Waals surface area (Å²) in [6.45, 7) is 17.5. The van der Waals surface area contributed by atoms with E-state index in [0.29, 0.717) is 27.6 Å². The average molecular weight is 1040 g/mol. The van der Waals surface area contributed by atoms with Crippen LogP contribution in [0.25, 0.3) is 16.3 Å². The minimum Gasteiger partial charge on any atom is -0.497 e. The lowest BCUT2D eigenvalue weighted by atomic mass is 10.0. The van der Waals surface area contributed by atoms with Crippen LogP contribution in [-0.2, 0) is 0 Å². The molecule has 2 aromatic heterocycles. The van der Waals surface area contributed by atoms with Gasteiger partial charge in [0, 0.05) is 111 Å². The van der Waals surface area contributed by atoms with E-state index in [1.165, 1.54) is 20.8 Å². The van der Waals surface area contributed by atoms with Crippen LogP contribution in [0.5, 0.6) is 5.75 Å². The quantitative estimate of drug-likeness (QED) is 0.0598. The molecule has 0 aliphatic rings. The number of carbonyl (C=O) groups is 5. The Morgan fingerprint density at radius 2 is 0.907 bits per heavy atom. The Labute approximate surface area is 448 Å². The summed E-state index contributed by atoms with van der Waals surface area (Å²) in [4.78, 5) is 64.1. The Bertz CT molecular complexity index is 2930. The van der Waals surface area contributed by atoms with Gasteiger partial charge in [0.15, 0.2) is 28.9 Å². The Hall–Kier alpha value is -8.36. The molecule has 0 radical (unpaired) electrons. The molecule has 6 N–H and O–H groups in total. The summed E-state index contributed by atoms with van der Waals surface area (Å²) < 4.78 is 5.02. The van der Waals surface area contributed by atoms with Crippen molar-refractivity contribution in [2.45, 2.75) is 55.4 Å². The van der Waals surface area contributed by atoms with Crippen molar-refractivity contribution in [3.8, 4) is 5.75 Å². The average Bonchev–Trinajstić information content (AvgIpc) is 3.40. The van der Waals surface area contributed by atoms with Gasteiger partial charge in [0.25, 0.3) is 0 Å². The van der Waals surface area contributed by atoms with E-state index in [1.807, 2.05) is 127 Å². The van der Waals surface area contributed by atoms with E-state index < -0.39 is 0 Å². The zero-order valence-electron chi connectivity index (χ0n) is 46.0. The maximum absolute atomic E-state index is 11.4. The van der Waals surface area contributed by atoms with Crippen molar-refractivity contribution in [3.05, 3.63) is 178 Å². The van der Waals surface area contributed by atoms with Crippen molar-refractivity contribution in [1.82, 2.24) is 9.97 Å². The summed E-state index contributed by atoms with van der Waals surface area (Å²) in [7, 11) is 12.4. The first-order valence-electron chi connectivity index (χ1n) is 23.9. The maximum atomic E-state index is 11.4. The van der Waals surface area contributed by atoms with Crippen LogP contribution < -0.4 is 36.6 Å². The fraction of sp³-hybridized carbons (Fsp3) is 0.250. The SMILES string of the molecule is C=C(C)c1nc(C)ccc1NC.CNc1cc2ccccc2cc1C(C)=O.CNc1ccc(C)cc1C(C)=O.CNc1ccc(Cl)cc1C(C)=O.CNc1ccc(OC)cc1C(C)=O.CNc1cccnc1C(C)=O. The van der Waals surface area contributed by atoms with Gasteiger partial charge in [-0.2, -0.15) is 0 Å². The summed E-state index contributed by atoms with van der Waals surface area (Å²) in [5.74, 6) is 0.914. The van der Waals surface area contributed by atoms with E-state index in [-0.39, 0.29) is 28.9 Å².